The van der Waals surface area contributed by atoms with Crippen LogP contribution < -0.4 is 27.5 Å². The topological polar surface area (TPSA) is 294 Å². The van der Waals surface area contributed by atoms with E-state index in [1.165, 1.54) is 0 Å². The molecule has 0 fully saturated rings. The lowest BCUT2D eigenvalue weighted by atomic mass is 9.91. The summed E-state index contributed by atoms with van der Waals surface area (Å²) < 4.78 is 35.8. The van der Waals surface area contributed by atoms with Gasteiger partial charge >= 0.3 is 23.9 Å². The number of nitrogens with zero attached hydrogens (tertiary/aromatic N) is 1. The van der Waals surface area contributed by atoms with Crippen LogP contribution in [-0.2, 0) is 49.7 Å². The van der Waals surface area contributed by atoms with Crippen LogP contribution in [0, 0.1) is 0 Å². The number of carboxylic acids is 4. The van der Waals surface area contributed by atoms with Crippen molar-refractivity contribution in [3.8, 4) is 0 Å². The zero-order valence-corrected chi connectivity index (χ0v) is 22.0. The van der Waals surface area contributed by atoms with Gasteiger partial charge in [-0.1, -0.05) is 0 Å². The summed E-state index contributed by atoms with van der Waals surface area (Å²) in [5, 5.41) is 43.5. The molecule has 15 heteroatoms. The highest BCUT2D eigenvalue weighted by atomic mass is 16.4. The van der Waals surface area contributed by atoms with E-state index in [0.717, 1.165) is 4.57 Å². The minimum atomic E-state index is -2.39. The first-order chi connectivity index (χ1) is 20.3. The molecule has 0 saturated heterocycles. The molecule has 0 aliphatic carbocycles. The van der Waals surface area contributed by atoms with Crippen molar-refractivity contribution < 1.29 is 59.6 Å². The largest absolute Gasteiger partial charge is 0.483 e. The van der Waals surface area contributed by atoms with Gasteiger partial charge in [0.1, 0.15) is 36.1 Å². The maximum atomic E-state index is 11.4. The lowest BCUT2D eigenvalue weighted by molar-refractivity contribution is -0.698. The molecule has 13 N–H and O–H groups in total. The zero-order valence-electron chi connectivity index (χ0n) is 26.0. The molecule has 0 spiro atoms. The van der Waals surface area contributed by atoms with Gasteiger partial charge in [-0.2, -0.15) is 0 Å². The van der Waals surface area contributed by atoms with E-state index >= 15 is 0 Å². The summed E-state index contributed by atoms with van der Waals surface area (Å²) in [4.78, 5) is 53.3. The number of carbonyl (C=O) groups is 5. The molecule has 0 amide bonds. The van der Waals surface area contributed by atoms with Crippen molar-refractivity contribution in [3.05, 3.63) is 29.0 Å². The minimum Gasteiger partial charge on any atom is -0.483 e. The highest BCUT2D eigenvalue weighted by molar-refractivity contribution is 5.74. The number of rotatable bonds is 19. The van der Waals surface area contributed by atoms with E-state index in [2.05, 4.69) is 0 Å². The summed E-state index contributed by atoms with van der Waals surface area (Å²) in [7, 11) is 0. The van der Waals surface area contributed by atoms with Gasteiger partial charge in [-0.25, -0.2) is 4.57 Å². The van der Waals surface area contributed by atoms with E-state index in [9.17, 15) is 29.4 Å². The first-order valence-corrected chi connectivity index (χ1v) is 12.4. The average molecular weight is 577 g/mol. The number of aliphatic carboxylic acids is 4. The van der Waals surface area contributed by atoms with Crippen molar-refractivity contribution in [2.75, 3.05) is 0 Å². The van der Waals surface area contributed by atoms with Crippen molar-refractivity contribution in [1.29, 1.82) is 0 Å². The van der Waals surface area contributed by atoms with Crippen LogP contribution >= 0.6 is 0 Å². The Bertz CT molecular complexity index is 1120. The Morgan fingerprint density at radius 1 is 0.725 bits per heavy atom. The smallest absolute Gasteiger partial charge is 0.320 e. The third-order valence-corrected chi connectivity index (χ3v) is 5.81. The Labute approximate surface area is 237 Å². The number of carboxylic acid groups (broad SMARTS) is 5. The molecule has 1 rings (SSSR count). The van der Waals surface area contributed by atoms with Gasteiger partial charge in [-0.05, 0) is 63.4 Å². The van der Waals surface area contributed by atoms with E-state index in [1.807, 2.05) is 0 Å². The fourth-order valence-electron chi connectivity index (χ4n) is 3.51. The summed E-state index contributed by atoms with van der Waals surface area (Å²) in [5.41, 5.74) is 23.2. The third kappa shape index (κ3) is 14.5. The van der Waals surface area contributed by atoms with E-state index < -0.39 is 66.9 Å². The molecule has 1 heterocycles. The van der Waals surface area contributed by atoms with Gasteiger partial charge in [0.05, 0.1) is 0 Å². The molecule has 0 aromatic carbocycles. The van der Waals surface area contributed by atoms with Gasteiger partial charge in [0.15, 0.2) is 12.3 Å². The summed E-state index contributed by atoms with van der Waals surface area (Å²) in [6.45, 7) is -2.64. The van der Waals surface area contributed by atoms with Crippen LogP contribution in [0.3, 0.4) is 0 Å². The van der Waals surface area contributed by atoms with Crippen molar-refractivity contribution in [1.82, 2.24) is 0 Å². The molecule has 40 heavy (non-hydrogen) atoms. The Morgan fingerprint density at radius 3 is 1.45 bits per heavy atom. The van der Waals surface area contributed by atoms with Crippen molar-refractivity contribution in [2.45, 2.75) is 94.9 Å². The third-order valence-electron chi connectivity index (χ3n) is 5.81. The van der Waals surface area contributed by atoms with Crippen molar-refractivity contribution in [2.24, 2.45) is 22.9 Å². The van der Waals surface area contributed by atoms with Crippen LogP contribution in [0.15, 0.2) is 12.3 Å². The molecule has 0 saturated carbocycles. The fraction of sp³-hybridized carbons (Fsp3) is 0.600. The Morgan fingerprint density at radius 2 is 1.07 bits per heavy atom. The number of hydrogen-bond donors (Lipinski definition) is 9. The number of hydrogen-bond acceptors (Lipinski definition) is 9. The van der Waals surface area contributed by atoms with Crippen LogP contribution in [0.4, 0.5) is 0 Å². The molecule has 1 aromatic heterocycles. The monoisotopic (exact) mass is 576 g/mol. The maximum Gasteiger partial charge on any atom is 0.320 e. The van der Waals surface area contributed by atoms with Crippen LogP contribution in [0.5, 0.6) is 0 Å². The fourth-order valence-corrected chi connectivity index (χ4v) is 3.51. The molecule has 4 atom stereocenters. The van der Waals surface area contributed by atoms with E-state index in [0.29, 0.717) is 5.56 Å². The summed E-state index contributed by atoms with van der Waals surface area (Å²) >= 11 is 0. The highest BCUT2D eigenvalue weighted by Gasteiger charge is 2.22. The van der Waals surface area contributed by atoms with E-state index in [4.69, 9.17) is 48.5 Å². The predicted octanol–water partition coefficient (Wildman–Crippen LogP) is -1.32. The zero-order chi connectivity index (χ0) is 34.4. The van der Waals surface area contributed by atoms with E-state index in [-0.39, 0.29) is 81.8 Å². The first kappa shape index (κ1) is 29.3. The van der Waals surface area contributed by atoms with Gasteiger partial charge in [-0.3, -0.25) is 24.0 Å². The first-order valence-electron chi connectivity index (χ1n) is 14.4. The molecular weight excluding hydrogens is 530 g/mol. The van der Waals surface area contributed by atoms with E-state index in [1.54, 1.807) is 0 Å². The Balaban J connectivity index is 0.00000590. The second-order valence-electron chi connectivity index (χ2n) is 8.90. The summed E-state index contributed by atoms with van der Waals surface area (Å²) in [5.74, 6) is -5.09. The highest BCUT2D eigenvalue weighted by Crippen LogP contribution is 2.21. The van der Waals surface area contributed by atoms with Crippen molar-refractivity contribution >= 4 is 30.3 Å². The van der Waals surface area contributed by atoms with Crippen LogP contribution in [0.1, 0.15) is 67.1 Å². The van der Waals surface area contributed by atoms with Gasteiger partial charge in [-0.15, -0.1) is 0 Å². The summed E-state index contributed by atoms with van der Waals surface area (Å²) in [6.07, 6.45) is -1.47. The van der Waals surface area contributed by atoms with Crippen LogP contribution in [0.25, 0.3) is 0 Å². The molecule has 15 nitrogen and oxygen atoms in total. The number of aromatic nitrogens is 1. The maximum absolute atomic E-state index is 11.4. The lowest BCUT2D eigenvalue weighted by Gasteiger charge is -2.16. The molecule has 0 aliphatic heterocycles. The quantitative estimate of drug-likeness (QED) is 0.0682. The molecule has 1 aromatic rings. The van der Waals surface area contributed by atoms with Gasteiger partial charge in [0, 0.05) is 17.5 Å². The molecule has 226 valence electrons. The Kier molecular flexibility index (Phi) is 14.2. The molecule has 0 radical (unpaired) electrons. The van der Waals surface area contributed by atoms with Crippen LogP contribution in [0.2, 0.25) is 0 Å². The second kappa shape index (κ2) is 19.4. The minimum absolute atomic E-state index is 0.000379. The molecule has 0 unspecified atom stereocenters. The standard InChI is InChI=1S/C24H39N5O8.CH2O2/c25-17(21(30)31)5-1-2-11-29-12-14(7-9-19(27)23(34)35)16(4-3-6-18(26)22(32)33)15(13-29)8-10-20(28)24(36)37;2-1-3/h12-13,17-20H,1-11,25-28H2,(H3-,30,31,32,33,34,35,36,37);1H,(H,2,3)/p+1/t17-,18-,19-,20-;/m0./s1/i11D2,12D,13D;. The molecule has 0 aliphatic rings. The number of pyridine rings is 1. The number of nitrogens with two attached hydrogens (primary N) is 4. The lowest BCUT2D eigenvalue weighted by Crippen LogP contribution is -2.37. The SMILES string of the molecule is O=CO.[2H]c1c(CC[C@H](N)C(=O)O)c(CCC[C@H](N)C(=O)O)c(CC[C@H](N)C(=O)O)c([2H])[n+]1C([2H])([2H])CCC[C@H](N)C(=O)O. The molecular formula is C25H42N5O10+. The van der Waals surface area contributed by atoms with Gasteiger partial charge < -0.3 is 48.5 Å². The van der Waals surface area contributed by atoms with Crippen molar-refractivity contribution in [3.63, 3.8) is 0 Å². The van der Waals surface area contributed by atoms with Gasteiger partial charge in [0.2, 0.25) is 0 Å². The predicted molar refractivity (Wildman–Crippen MR) is 141 cm³/mol. The second-order valence-corrected chi connectivity index (χ2v) is 8.90. The van der Waals surface area contributed by atoms with Gasteiger partial charge in [0.25, 0.3) is 6.47 Å². The normalized spacial score (nSPS) is 15.5. The molecule has 0 bridgehead atoms. The Hall–Kier alpha value is -3.66. The average Bonchev–Trinajstić information content (AvgIpc) is 2.91. The summed E-state index contributed by atoms with van der Waals surface area (Å²) in [6, 6.07) is -5.05. The van der Waals surface area contributed by atoms with Crippen LogP contribution in [-0.4, -0.2) is 80.0 Å².